The van der Waals surface area contributed by atoms with Crippen molar-refractivity contribution in [3.8, 4) is 0 Å². The van der Waals surface area contributed by atoms with Crippen LogP contribution in [-0.4, -0.2) is 27.8 Å². The Labute approximate surface area is 163 Å². The smallest absolute Gasteiger partial charge is 0.312 e. The number of anilines is 1. The first-order valence-electron chi connectivity index (χ1n) is 8.66. The minimum absolute atomic E-state index is 0.231. The van der Waals surface area contributed by atoms with Gasteiger partial charge in [-0.2, -0.15) is 5.10 Å². The summed E-state index contributed by atoms with van der Waals surface area (Å²) in [5.74, 6) is -3.25. The normalized spacial score (nSPS) is 11.9. The second-order valence-corrected chi connectivity index (χ2v) is 6.34. The van der Waals surface area contributed by atoms with E-state index < -0.39 is 29.6 Å². The van der Waals surface area contributed by atoms with Crippen molar-refractivity contribution in [3.05, 3.63) is 70.1 Å². The minimum atomic E-state index is -1.23. The number of hydrogen-bond acceptors (Lipinski definition) is 5. The molecule has 0 radical (unpaired) electrons. The molecule has 0 spiro atoms. The van der Waals surface area contributed by atoms with Gasteiger partial charge in [-0.25, -0.2) is 13.5 Å². The zero-order valence-corrected chi connectivity index (χ0v) is 15.6. The molecule has 29 heavy (non-hydrogen) atoms. The van der Waals surface area contributed by atoms with E-state index in [2.05, 4.69) is 10.4 Å². The van der Waals surface area contributed by atoms with Crippen LogP contribution in [0.5, 0.6) is 0 Å². The second kappa shape index (κ2) is 8.17. The third kappa shape index (κ3) is 4.45. The van der Waals surface area contributed by atoms with Crippen LogP contribution < -0.4 is 10.9 Å². The number of halogens is 2. The number of fused-ring (bicyclic) bond motifs is 1. The molecule has 1 aromatic heterocycles. The maximum absolute atomic E-state index is 13.6. The predicted molar refractivity (Wildman–Crippen MR) is 101 cm³/mol. The van der Waals surface area contributed by atoms with Gasteiger partial charge in [0.25, 0.3) is 11.5 Å². The largest absolute Gasteiger partial charge is 0.452 e. The molecule has 3 rings (SSSR count). The molecule has 0 aliphatic rings. The number of esters is 1. The summed E-state index contributed by atoms with van der Waals surface area (Å²) in [6, 6.07) is 9.39. The molecule has 0 unspecified atom stereocenters. The van der Waals surface area contributed by atoms with Crippen molar-refractivity contribution < 1.29 is 23.1 Å². The zero-order chi connectivity index (χ0) is 21.1. The number of aromatic nitrogens is 2. The van der Waals surface area contributed by atoms with E-state index in [1.54, 1.807) is 24.3 Å². The van der Waals surface area contributed by atoms with Gasteiger partial charge in [0, 0.05) is 18.5 Å². The number of nitrogens with zero attached hydrogens (tertiary/aromatic N) is 2. The van der Waals surface area contributed by atoms with Crippen LogP contribution in [0, 0.1) is 11.6 Å². The van der Waals surface area contributed by atoms with Crippen molar-refractivity contribution in [2.24, 2.45) is 7.05 Å². The third-order valence-electron chi connectivity index (χ3n) is 4.21. The van der Waals surface area contributed by atoms with E-state index in [-0.39, 0.29) is 17.7 Å². The molecule has 3 aromatic rings. The summed E-state index contributed by atoms with van der Waals surface area (Å²) in [7, 11) is 1.47. The van der Waals surface area contributed by atoms with Crippen LogP contribution in [0.15, 0.2) is 47.3 Å². The number of carbonyl (C=O) groups excluding carboxylic acids is 2. The Balaban J connectivity index is 1.71. The Morgan fingerprint density at radius 3 is 2.55 bits per heavy atom. The lowest BCUT2D eigenvalue weighted by Crippen LogP contribution is -2.31. The van der Waals surface area contributed by atoms with E-state index in [9.17, 15) is 23.2 Å². The number of nitrogens with one attached hydrogen (secondary N) is 1. The topological polar surface area (TPSA) is 90.3 Å². The molecule has 0 aliphatic carbocycles. The summed E-state index contributed by atoms with van der Waals surface area (Å²) in [6.45, 7) is 1.32. The van der Waals surface area contributed by atoms with Gasteiger partial charge in [-0.1, -0.05) is 18.2 Å². The highest BCUT2D eigenvalue weighted by molar-refractivity contribution is 5.95. The molecule has 0 saturated heterocycles. The Morgan fingerprint density at radius 2 is 1.86 bits per heavy atom. The van der Waals surface area contributed by atoms with Crippen LogP contribution in [0.2, 0.25) is 0 Å². The van der Waals surface area contributed by atoms with Crippen LogP contribution in [0.4, 0.5) is 14.5 Å². The highest BCUT2D eigenvalue weighted by Gasteiger charge is 2.21. The number of carbonyl (C=O) groups is 2. The maximum Gasteiger partial charge on any atom is 0.312 e. The zero-order valence-electron chi connectivity index (χ0n) is 15.6. The van der Waals surface area contributed by atoms with Crippen LogP contribution in [0.25, 0.3) is 10.8 Å². The van der Waals surface area contributed by atoms with E-state index in [1.165, 1.54) is 14.0 Å². The van der Waals surface area contributed by atoms with Gasteiger partial charge in [0.1, 0.15) is 11.6 Å². The van der Waals surface area contributed by atoms with Crippen LogP contribution in [0.3, 0.4) is 0 Å². The van der Waals surface area contributed by atoms with Crippen molar-refractivity contribution in [3.63, 3.8) is 0 Å². The van der Waals surface area contributed by atoms with E-state index >= 15 is 0 Å². The second-order valence-electron chi connectivity index (χ2n) is 6.34. The average Bonchev–Trinajstić information content (AvgIpc) is 2.68. The molecule has 2 aromatic carbocycles. The standard InChI is InChI=1S/C20H17F2N3O4/c1-11(19(27)23-16-8-7-12(21)9-15(16)22)29-18(26)10-17-13-5-3-4-6-14(13)20(28)25(2)24-17/h3-9,11H,10H2,1-2H3,(H,23,27)/t11-/m1/s1. The minimum Gasteiger partial charge on any atom is -0.452 e. The van der Waals surface area contributed by atoms with Crippen molar-refractivity contribution in [2.75, 3.05) is 5.32 Å². The summed E-state index contributed by atoms with van der Waals surface area (Å²) >= 11 is 0. The summed E-state index contributed by atoms with van der Waals surface area (Å²) in [5, 5.41) is 7.25. The quantitative estimate of drug-likeness (QED) is 0.663. The van der Waals surface area contributed by atoms with Crippen molar-refractivity contribution in [1.29, 1.82) is 0 Å². The number of aryl methyl sites for hydroxylation is 1. The Morgan fingerprint density at radius 1 is 1.17 bits per heavy atom. The van der Waals surface area contributed by atoms with Crippen molar-refractivity contribution in [1.82, 2.24) is 9.78 Å². The number of amides is 1. The fourth-order valence-electron chi connectivity index (χ4n) is 2.76. The first-order valence-corrected chi connectivity index (χ1v) is 8.66. The molecule has 9 heteroatoms. The van der Waals surface area contributed by atoms with Crippen molar-refractivity contribution >= 4 is 28.3 Å². The molecular formula is C20H17F2N3O4. The van der Waals surface area contributed by atoms with Gasteiger partial charge in [0.15, 0.2) is 6.10 Å². The SMILES string of the molecule is C[C@@H](OC(=O)Cc1nn(C)c(=O)c2ccccc12)C(=O)Nc1ccc(F)cc1F. The molecule has 1 N–H and O–H groups in total. The molecular weight excluding hydrogens is 384 g/mol. The van der Waals surface area contributed by atoms with Gasteiger partial charge >= 0.3 is 5.97 Å². The Kier molecular flexibility index (Phi) is 5.67. The fourth-order valence-corrected chi connectivity index (χ4v) is 2.76. The van der Waals surface area contributed by atoms with E-state index in [1.807, 2.05) is 0 Å². The molecule has 150 valence electrons. The molecule has 1 heterocycles. The Bertz CT molecular complexity index is 1160. The Hall–Kier alpha value is -3.62. The van der Waals surface area contributed by atoms with E-state index in [0.717, 1.165) is 16.8 Å². The van der Waals surface area contributed by atoms with E-state index in [0.29, 0.717) is 22.5 Å². The summed E-state index contributed by atoms with van der Waals surface area (Å²) in [6.07, 6.45) is -1.50. The van der Waals surface area contributed by atoms with Gasteiger partial charge < -0.3 is 10.1 Å². The van der Waals surface area contributed by atoms with Gasteiger partial charge in [0.05, 0.1) is 23.2 Å². The number of hydrogen-bond donors (Lipinski definition) is 1. The number of ether oxygens (including phenoxy) is 1. The lowest BCUT2D eigenvalue weighted by molar-refractivity contribution is -0.152. The molecule has 0 aliphatic heterocycles. The lowest BCUT2D eigenvalue weighted by Gasteiger charge is -2.14. The molecule has 1 atom stereocenters. The highest BCUT2D eigenvalue weighted by Crippen LogP contribution is 2.16. The molecule has 0 fully saturated rings. The van der Waals surface area contributed by atoms with Crippen LogP contribution in [-0.2, 0) is 27.8 Å². The third-order valence-corrected chi connectivity index (χ3v) is 4.21. The molecule has 0 saturated carbocycles. The molecule has 7 nitrogen and oxygen atoms in total. The van der Waals surface area contributed by atoms with Crippen LogP contribution in [0.1, 0.15) is 12.6 Å². The lowest BCUT2D eigenvalue weighted by atomic mass is 10.1. The maximum atomic E-state index is 13.6. The van der Waals surface area contributed by atoms with Gasteiger partial charge in [-0.15, -0.1) is 0 Å². The fraction of sp³-hybridized carbons (Fsp3) is 0.200. The van der Waals surface area contributed by atoms with Crippen LogP contribution >= 0.6 is 0 Å². The average molecular weight is 401 g/mol. The molecule has 1 amide bonds. The predicted octanol–water partition coefficient (Wildman–Crippen LogP) is 2.32. The van der Waals surface area contributed by atoms with Gasteiger partial charge in [-0.3, -0.25) is 14.4 Å². The summed E-state index contributed by atoms with van der Waals surface area (Å²) in [5.41, 5.74) is -0.207. The van der Waals surface area contributed by atoms with Gasteiger partial charge in [-0.05, 0) is 25.1 Å². The first kappa shape index (κ1) is 20.1. The summed E-state index contributed by atoms with van der Waals surface area (Å²) in [4.78, 5) is 36.5. The number of rotatable bonds is 5. The molecule has 0 bridgehead atoms. The summed E-state index contributed by atoms with van der Waals surface area (Å²) < 4.78 is 32.8. The monoisotopic (exact) mass is 401 g/mol. The first-order chi connectivity index (χ1) is 13.8. The van der Waals surface area contributed by atoms with Gasteiger partial charge in [0.2, 0.25) is 0 Å². The van der Waals surface area contributed by atoms with E-state index in [4.69, 9.17) is 4.74 Å². The highest BCUT2D eigenvalue weighted by atomic mass is 19.1. The van der Waals surface area contributed by atoms with Crippen molar-refractivity contribution in [2.45, 2.75) is 19.4 Å². The number of benzene rings is 2.